The molecule has 1 aliphatic rings. The topological polar surface area (TPSA) is 72.4 Å². The van der Waals surface area contributed by atoms with Gasteiger partial charge in [-0.2, -0.15) is 0 Å². The fourth-order valence-corrected chi connectivity index (χ4v) is 2.24. The minimum atomic E-state index is -0.0960. The first kappa shape index (κ1) is 11.9. The van der Waals surface area contributed by atoms with Crippen molar-refractivity contribution in [2.75, 3.05) is 30.3 Å². The molecule has 0 bridgehead atoms. The second-order valence-corrected chi connectivity index (χ2v) is 4.45. The quantitative estimate of drug-likeness (QED) is 0.611. The van der Waals surface area contributed by atoms with Gasteiger partial charge in [0.1, 0.15) is 0 Å². The summed E-state index contributed by atoms with van der Waals surface area (Å²) < 4.78 is 0. The highest BCUT2D eigenvalue weighted by Crippen LogP contribution is 2.24. The Balaban J connectivity index is 2.26. The number of rotatable bonds is 3. The van der Waals surface area contributed by atoms with Crippen molar-refractivity contribution in [3.8, 4) is 0 Å². The zero-order valence-corrected chi connectivity index (χ0v) is 9.98. The number of nitrogen functional groups attached to an aromatic ring is 1. The van der Waals surface area contributed by atoms with Gasteiger partial charge in [0, 0.05) is 30.0 Å². The van der Waals surface area contributed by atoms with Gasteiger partial charge in [-0.1, -0.05) is 0 Å². The van der Waals surface area contributed by atoms with Gasteiger partial charge in [-0.25, -0.2) is 0 Å². The van der Waals surface area contributed by atoms with Crippen LogP contribution in [0.5, 0.6) is 0 Å². The van der Waals surface area contributed by atoms with E-state index in [9.17, 15) is 4.79 Å². The molecule has 4 N–H and O–H groups in total. The lowest BCUT2D eigenvalue weighted by atomic mass is 10.1. The molecule has 0 aromatic heterocycles. The van der Waals surface area contributed by atoms with Crippen molar-refractivity contribution in [3.05, 3.63) is 23.8 Å². The number of hydrogen-bond donors (Lipinski definition) is 2. The van der Waals surface area contributed by atoms with Crippen molar-refractivity contribution >= 4 is 17.2 Å². The molecule has 1 saturated heterocycles. The summed E-state index contributed by atoms with van der Waals surface area (Å²) in [5, 5.41) is 0. The lowest BCUT2D eigenvalue weighted by Gasteiger charge is -2.29. The molecular weight excluding hydrogens is 214 g/mol. The predicted octanol–water partition coefficient (Wildman–Crippen LogP) is 1.40. The second kappa shape index (κ2) is 5.19. The van der Waals surface area contributed by atoms with E-state index in [-0.39, 0.29) is 12.3 Å². The van der Waals surface area contributed by atoms with Crippen LogP contribution in [0.25, 0.3) is 0 Å². The number of ketones is 1. The maximum absolute atomic E-state index is 11.6. The summed E-state index contributed by atoms with van der Waals surface area (Å²) in [4.78, 5) is 13.9. The van der Waals surface area contributed by atoms with Crippen LogP contribution in [0.15, 0.2) is 18.2 Å². The Morgan fingerprint density at radius 1 is 1.24 bits per heavy atom. The molecule has 1 fully saturated rings. The molecule has 0 radical (unpaired) electrons. The Morgan fingerprint density at radius 3 is 2.59 bits per heavy atom. The molecule has 0 aliphatic carbocycles. The van der Waals surface area contributed by atoms with Gasteiger partial charge in [-0.05, 0) is 37.5 Å². The summed E-state index contributed by atoms with van der Waals surface area (Å²) >= 11 is 0. The van der Waals surface area contributed by atoms with Crippen molar-refractivity contribution in [3.63, 3.8) is 0 Å². The highest BCUT2D eigenvalue weighted by Gasteiger charge is 2.14. The minimum Gasteiger partial charge on any atom is -0.398 e. The van der Waals surface area contributed by atoms with Gasteiger partial charge in [-0.3, -0.25) is 4.79 Å². The lowest BCUT2D eigenvalue weighted by molar-refractivity contribution is 0.100. The highest BCUT2D eigenvalue weighted by atomic mass is 16.1. The number of anilines is 2. The van der Waals surface area contributed by atoms with E-state index in [0.717, 1.165) is 18.8 Å². The number of nitrogens with zero attached hydrogens (tertiary/aromatic N) is 1. The van der Waals surface area contributed by atoms with Crippen molar-refractivity contribution < 1.29 is 4.79 Å². The molecule has 2 rings (SSSR count). The van der Waals surface area contributed by atoms with E-state index < -0.39 is 0 Å². The Kier molecular flexibility index (Phi) is 3.64. The van der Waals surface area contributed by atoms with Gasteiger partial charge in [-0.15, -0.1) is 0 Å². The van der Waals surface area contributed by atoms with Crippen LogP contribution in [0.3, 0.4) is 0 Å². The number of nitrogens with two attached hydrogens (primary N) is 2. The van der Waals surface area contributed by atoms with E-state index in [2.05, 4.69) is 4.90 Å². The first-order valence-electron chi connectivity index (χ1n) is 6.10. The van der Waals surface area contributed by atoms with E-state index in [4.69, 9.17) is 11.5 Å². The Bertz CT molecular complexity index is 411. The summed E-state index contributed by atoms with van der Waals surface area (Å²) in [7, 11) is 0. The summed E-state index contributed by atoms with van der Waals surface area (Å²) in [6.07, 6.45) is 3.72. The monoisotopic (exact) mass is 233 g/mol. The first-order chi connectivity index (χ1) is 8.22. The van der Waals surface area contributed by atoms with E-state index in [1.807, 2.05) is 12.1 Å². The fraction of sp³-hybridized carbons (Fsp3) is 0.462. The summed E-state index contributed by atoms with van der Waals surface area (Å²) in [6, 6.07) is 5.65. The largest absolute Gasteiger partial charge is 0.398 e. The third-order valence-corrected chi connectivity index (χ3v) is 3.24. The van der Waals surface area contributed by atoms with Gasteiger partial charge in [0.25, 0.3) is 0 Å². The molecule has 0 amide bonds. The summed E-state index contributed by atoms with van der Waals surface area (Å²) in [6.45, 7) is 2.12. The lowest BCUT2D eigenvalue weighted by Crippen LogP contribution is -2.29. The molecule has 0 atom stereocenters. The predicted molar refractivity (Wildman–Crippen MR) is 70.3 cm³/mol. The fourth-order valence-electron chi connectivity index (χ4n) is 2.24. The molecule has 4 heteroatoms. The van der Waals surface area contributed by atoms with E-state index in [0.29, 0.717) is 11.3 Å². The third-order valence-electron chi connectivity index (χ3n) is 3.24. The number of carbonyl (C=O) groups excluding carboxylic acids is 1. The zero-order chi connectivity index (χ0) is 12.3. The minimum absolute atomic E-state index is 0.00759. The van der Waals surface area contributed by atoms with E-state index in [1.54, 1.807) is 6.07 Å². The molecular formula is C13H19N3O. The third kappa shape index (κ3) is 2.58. The van der Waals surface area contributed by atoms with Crippen molar-refractivity contribution in [1.82, 2.24) is 0 Å². The number of carbonyl (C=O) groups is 1. The van der Waals surface area contributed by atoms with Crippen LogP contribution in [-0.4, -0.2) is 25.4 Å². The number of hydrogen-bond acceptors (Lipinski definition) is 4. The highest BCUT2D eigenvalue weighted by molar-refractivity contribution is 6.02. The number of Topliss-reactive ketones (excluding diaryl/α,β-unsaturated/α-hetero) is 1. The van der Waals surface area contributed by atoms with Crippen LogP contribution in [-0.2, 0) is 0 Å². The molecule has 92 valence electrons. The summed E-state index contributed by atoms with van der Waals surface area (Å²) in [5.41, 5.74) is 13.3. The second-order valence-electron chi connectivity index (χ2n) is 4.45. The van der Waals surface area contributed by atoms with Crippen LogP contribution >= 0.6 is 0 Å². The molecule has 0 unspecified atom stereocenters. The van der Waals surface area contributed by atoms with Gasteiger partial charge >= 0.3 is 0 Å². The van der Waals surface area contributed by atoms with Crippen molar-refractivity contribution in [2.24, 2.45) is 5.73 Å². The Labute approximate surface area is 102 Å². The number of benzene rings is 1. The molecule has 4 nitrogen and oxygen atoms in total. The Hall–Kier alpha value is -1.55. The smallest absolute Gasteiger partial charge is 0.178 e. The van der Waals surface area contributed by atoms with E-state index in [1.165, 1.54) is 19.3 Å². The Morgan fingerprint density at radius 2 is 1.94 bits per heavy atom. The molecule has 1 aromatic rings. The zero-order valence-electron chi connectivity index (χ0n) is 9.98. The average Bonchev–Trinajstić information content (AvgIpc) is 2.39. The SMILES string of the molecule is NCC(=O)c1cc(N2CCCCC2)ccc1N. The standard InChI is InChI=1S/C13H19N3O/c14-9-13(17)11-8-10(4-5-12(11)15)16-6-2-1-3-7-16/h4-5,8H,1-3,6-7,9,14-15H2. The van der Waals surface area contributed by atoms with Gasteiger partial charge < -0.3 is 16.4 Å². The van der Waals surface area contributed by atoms with Crippen molar-refractivity contribution in [1.29, 1.82) is 0 Å². The molecule has 1 heterocycles. The molecule has 17 heavy (non-hydrogen) atoms. The maximum atomic E-state index is 11.6. The van der Waals surface area contributed by atoms with Crippen LogP contribution in [0.4, 0.5) is 11.4 Å². The average molecular weight is 233 g/mol. The van der Waals surface area contributed by atoms with E-state index >= 15 is 0 Å². The van der Waals surface area contributed by atoms with Gasteiger partial charge in [0.15, 0.2) is 5.78 Å². The van der Waals surface area contributed by atoms with Crippen LogP contribution in [0.2, 0.25) is 0 Å². The van der Waals surface area contributed by atoms with Gasteiger partial charge in [0.2, 0.25) is 0 Å². The van der Waals surface area contributed by atoms with Crippen LogP contribution in [0.1, 0.15) is 29.6 Å². The molecule has 0 spiro atoms. The normalized spacial score (nSPS) is 15.9. The first-order valence-corrected chi connectivity index (χ1v) is 6.10. The van der Waals surface area contributed by atoms with Crippen LogP contribution < -0.4 is 16.4 Å². The van der Waals surface area contributed by atoms with Crippen LogP contribution in [0, 0.1) is 0 Å². The van der Waals surface area contributed by atoms with Gasteiger partial charge in [0.05, 0.1) is 6.54 Å². The number of piperidine rings is 1. The summed E-state index contributed by atoms with van der Waals surface area (Å²) in [5.74, 6) is -0.0960. The molecule has 1 aliphatic heterocycles. The maximum Gasteiger partial charge on any atom is 0.178 e. The van der Waals surface area contributed by atoms with Crippen molar-refractivity contribution in [2.45, 2.75) is 19.3 Å². The molecule has 1 aromatic carbocycles. The molecule has 0 saturated carbocycles.